The Labute approximate surface area is 121 Å². The first-order valence-electron chi connectivity index (χ1n) is 7.16. The molecule has 4 heteroatoms. The van der Waals surface area contributed by atoms with Gasteiger partial charge < -0.3 is 19.5 Å². The van der Waals surface area contributed by atoms with Gasteiger partial charge in [0.1, 0.15) is 5.75 Å². The molecule has 1 aliphatic rings. The Morgan fingerprint density at radius 2 is 2.10 bits per heavy atom. The Kier molecular flexibility index (Phi) is 4.55. The molecule has 1 aliphatic heterocycles. The van der Waals surface area contributed by atoms with E-state index in [-0.39, 0.29) is 5.60 Å². The minimum Gasteiger partial charge on any atom is -0.496 e. The van der Waals surface area contributed by atoms with Gasteiger partial charge >= 0.3 is 0 Å². The van der Waals surface area contributed by atoms with Crippen molar-refractivity contribution in [1.82, 2.24) is 0 Å². The van der Waals surface area contributed by atoms with E-state index in [4.69, 9.17) is 9.47 Å². The number of hydrogen-bond acceptors (Lipinski definition) is 4. The van der Waals surface area contributed by atoms with Crippen LogP contribution in [0.3, 0.4) is 0 Å². The van der Waals surface area contributed by atoms with Gasteiger partial charge in [0.05, 0.1) is 18.8 Å². The molecule has 4 nitrogen and oxygen atoms in total. The van der Waals surface area contributed by atoms with E-state index in [2.05, 4.69) is 11.8 Å². The number of anilines is 1. The zero-order valence-corrected chi connectivity index (χ0v) is 12.8. The van der Waals surface area contributed by atoms with Crippen LogP contribution in [0.5, 0.6) is 5.75 Å². The normalized spacial score (nSPS) is 24.6. The fraction of sp³-hybridized carbons (Fsp3) is 0.625. The maximum Gasteiger partial charge on any atom is 0.126 e. The van der Waals surface area contributed by atoms with Crippen LogP contribution >= 0.6 is 0 Å². The molecule has 0 amide bonds. The lowest BCUT2D eigenvalue weighted by atomic mass is 9.93. The fourth-order valence-corrected chi connectivity index (χ4v) is 2.98. The predicted octanol–water partition coefficient (Wildman–Crippen LogP) is 2.75. The van der Waals surface area contributed by atoms with Gasteiger partial charge in [-0.15, -0.1) is 0 Å². The van der Waals surface area contributed by atoms with Gasteiger partial charge in [0, 0.05) is 31.5 Å². The number of rotatable bonds is 4. The van der Waals surface area contributed by atoms with E-state index < -0.39 is 6.10 Å². The van der Waals surface area contributed by atoms with Gasteiger partial charge in [-0.25, -0.2) is 0 Å². The van der Waals surface area contributed by atoms with E-state index in [0.29, 0.717) is 0 Å². The Bertz CT molecular complexity index is 461. The van der Waals surface area contributed by atoms with E-state index in [1.54, 1.807) is 21.1 Å². The van der Waals surface area contributed by atoms with Crippen LogP contribution in [0.1, 0.15) is 38.4 Å². The Hall–Kier alpha value is -1.26. The van der Waals surface area contributed by atoms with Crippen molar-refractivity contribution in [2.75, 3.05) is 32.2 Å². The Morgan fingerprint density at radius 1 is 1.35 bits per heavy atom. The highest BCUT2D eigenvalue weighted by Crippen LogP contribution is 2.37. The summed E-state index contributed by atoms with van der Waals surface area (Å²) in [5.41, 5.74) is 1.77. The van der Waals surface area contributed by atoms with Crippen LogP contribution in [0.4, 0.5) is 5.69 Å². The van der Waals surface area contributed by atoms with Crippen LogP contribution < -0.4 is 9.64 Å². The zero-order valence-electron chi connectivity index (χ0n) is 12.8. The summed E-state index contributed by atoms with van der Waals surface area (Å²) in [6.07, 6.45) is 1.59. The SMILES string of the molecule is COc1cccc(N2CCCC(C)(OC)C2)c1C(C)O. The minimum absolute atomic E-state index is 0.128. The van der Waals surface area contributed by atoms with Crippen LogP contribution in [0.25, 0.3) is 0 Å². The molecule has 0 spiro atoms. The van der Waals surface area contributed by atoms with Gasteiger partial charge in [-0.05, 0) is 38.8 Å². The van der Waals surface area contributed by atoms with Crippen LogP contribution in [-0.4, -0.2) is 38.0 Å². The topological polar surface area (TPSA) is 41.9 Å². The molecule has 2 unspecified atom stereocenters. The number of nitrogens with zero attached hydrogens (tertiary/aromatic N) is 1. The highest BCUT2D eigenvalue weighted by atomic mass is 16.5. The average molecular weight is 279 g/mol. The van der Waals surface area contributed by atoms with Gasteiger partial charge in [0.15, 0.2) is 0 Å². The Balaban J connectivity index is 2.37. The molecule has 2 atom stereocenters. The van der Waals surface area contributed by atoms with Gasteiger partial charge in [-0.2, -0.15) is 0 Å². The summed E-state index contributed by atoms with van der Waals surface area (Å²) in [6, 6.07) is 5.91. The molecule has 2 rings (SSSR count). The number of aliphatic hydroxyl groups excluding tert-OH is 1. The quantitative estimate of drug-likeness (QED) is 0.920. The van der Waals surface area contributed by atoms with Crippen molar-refractivity contribution in [2.24, 2.45) is 0 Å². The van der Waals surface area contributed by atoms with Crippen LogP contribution in [0, 0.1) is 0 Å². The van der Waals surface area contributed by atoms with E-state index >= 15 is 0 Å². The number of ether oxygens (including phenoxy) is 2. The summed E-state index contributed by atoms with van der Waals surface area (Å²) in [4.78, 5) is 2.29. The molecular weight excluding hydrogens is 254 g/mol. The van der Waals surface area contributed by atoms with Crippen molar-refractivity contribution in [3.05, 3.63) is 23.8 Å². The largest absolute Gasteiger partial charge is 0.496 e. The number of hydrogen-bond donors (Lipinski definition) is 1. The summed E-state index contributed by atoms with van der Waals surface area (Å²) in [6.45, 7) is 5.73. The summed E-state index contributed by atoms with van der Waals surface area (Å²) >= 11 is 0. The van der Waals surface area contributed by atoms with Gasteiger partial charge in [0.2, 0.25) is 0 Å². The number of aliphatic hydroxyl groups is 1. The van der Waals surface area contributed by atoms with Gasteiger partial charge in [-0.1, -0.05) is 6.07 Å². The first kappa shape index (κ1) is 15.1. The molecule has 1 saturated heterocycles. The summed E-state index contributed by atoms with van der Waals surface area (Å²) in [7, 11) is 3.41. The molecular formula is C16H25NO3. The lowest BCUT2D eigenvalue weighted by molar-refractivity contribution is -0.00477. The summed E-state index contributed by atoms with van der Waals surface area (Å²) < 4.78 is 11.1. The molecule has 1 aromatic rings. The van der Waals surface area contributed by atoms with E-state index in [1.165, 1.54) is 0 Å². The molecule has 20 heavy (non-hydrogen) atoms. The number of benzene rings is 1. The zero-order chi connectivity index (χ0) is 14.8. The first-order chi connectivity index (χ1) is 9.50. The standard InChI is InChI=1S/C16H25NO3/c1-12(18)15-13(7-5-8-14(15)19-3)17-10-6-9-16(2,11-17)20-4/h5,7-8,12,18H,6,9-11H2,1-4H3. The van der Waals surface area contributed by atoms with Crippen molar-refractivity contribution in [1.29, 1.82) is 0 Å². The molecule has 1 fully saturated rings. The highest BCUT2D eigenvalue weighted by Gasteiger charge is 2.32. The highest BCUT2D eigenvalue weighted by molar-refractivity contribution is 5.61. The van der Waals surface area contributed by atoms with Crippen LogP contribution in [0.15, 0.2) is 18.2 Å². The number of piperidine rings is 1. The van der Waals surface area contributed by atoms with Crippen molar-refractivity contribution in [2.45, 2.75) is 38.4 Å². The molecule has 0 aliphatic carbocycles. The first-order valence-corrected chi connectivity index (χ1v) is 7.16. The lowest BCUT2D eigenvalue weighted by Crippen LogP contribution is -2.47. The molecule has 0 bridgehead atoms. The average Bonchev–Trinajstić information content (AvgIpc) is 2.46. The molecule has 0 radical (unpaired) electrons. The van der Waals surface area contributed by atoms with Crippen molar-refractivity contribution >= 4 is 5.69 Å². The molecule has 0 aromatic heterocycles. The molecule has 0 saturated carbocycles. The third-order valence-electron chi connectivity index (χ3n) is 4.17. The van der Waals surface area contributed by atoms with Gasteiger partial charge in [0.25, 0.3) is 0 Å². The second-order valence-corrected chi connectivity index (χ2v) is 5.75. The van der Waals surface area contributed by atoms with Crippen LogP contribution in [-0.2, 0) is 4.74 Å². The summed E-state index contributed by atoms with van der Waals surface area (Å²) in [5.74, 6) is 0.738. The molecule has 1 aromatic carbocycles. The van der Waals surface area contributed by atoms with E-state index in [1.807, 2.05) is 18.2 Å². The Morgan fingerprint density at radius 3 is 2.70 bits per heavy atom. The maximum atomic E-state index is 10.1. The maximum absolute atomic E-state index is 10.1. The molecule has 1 heterocycles. The van der Waals surface area contributed by atoms with Crippen molar-refractivity contribution in [3.63, 3.8) is 0 Å². The smallest absolute Gasteiger partial charge is 0.126 e. The number of methoxy groups -OCH3 is 2. The van der Waals surface area contributed by atoms with Crippen molar-refractivity contribution in [3.8, 4) is 5.75 Å². The third kappa shape index (κ3) is 2.91. The van der Waals surface area contributed by atoms with Crippen molar-refractivity contribution < 1.29 is 14.6 Å². The lowest BCUT2D eigenvalue weighted by Gasteiger charge is -2.41. The summed E-state index contributed by atoms with van der Waals surface area (Å²) in [5, 5.41) is 10.1. The monoisotopic (exact) mass is 279 g/mol. The second kappa shape index (κ2) is 6.02. The fourth-order valence-electron chi connectivity index (χ4n) is 2.98. The minimum atomic E-state index is -0.558. The second-order valence-electron chi connectivity index (χ2n) is 5.75. The van der Waals surface area contributed by atoms with Crippen LogP contribution in [0.2, 0.25) is 0 Å². The van der Waals surface area contributed by atoms with E-state index in [0.717, 1.165) is 42.9 Å². The molecule has 112 valence electrons. The third-order valence-corrected chi connectivity index (χ3v) is 4.17. The van der Waals surface area contributed by atoms with E-state index in [9.17, 15) is 5.11 Å². The van der Waals surface area contributed by atoms with Gasteiger partial charge in [-0.3, -0.25) is 0 Å². The predicted molar refractivity (Wildman–Crippen MR) is 80.5 cm³/mol. The molecule has 1 N–H and O–H groups in total.